The van der Waals surface area contributed by atoms with Gasteiger partial charge in [0.05, 0.1) is 0 Å². The summed E-state index contributed by atoms with van der Waals surface area (Å²) in [5, 5.41) is 9.91. The van der Waals surface area contributed by atoms with E-state index in [0.717, 1.165) is 22.6 Å². The average molecular weight is 319 g/mol. The van der Waals surface area contributed by atoms with Crippen molar-refractivity contribution < 1.29 is 9.90 Å². The smallest absolute Gasteiger partial charge is 0.248 e. The van der Waals surface area contributed by atoms with Crippen molar-refractivity contribution in [3.63, 3.8) is 0 Å². The van der Waals surface area contributed by atoms with Crippen LogP contribution in [0, 0.1) is 0 Å². The number of hydrogen-bond donors (Lipinski definition) is 2. The van der Waals surface area contributed by atoms with Crippen LogP contribution in [-0.2, 0) is 6.42 Å². The van der Waals surface area contributed by atoms with Gasteiger partial charge in [-0.2, -0.15) is 0 Å². The summed E-state index contributed by atoms with van der Waals surface area (Å²) in [4.78, 5) is 15.6. The van der Waals surface area contributed by atoms with E-state index in [-0.39, 0.29) is 5.75 Å². The molecule has 3 N–H and O–H groups in total. The third-order valence-corrected chi connectivity index (χ3v) is 3.77. The normalized spacial score (nSPS) is 10.5. The lowest BCUT2D eigenvalue weighted by Gasteiger charge is -2.10. The zero-order chi connectivity index (χ0) is 17.1. The molecule has 120 valence electrons. The summed E-state index contributed by atoms with van der Waals surface area (Å²) in [6.07, 6.45) is 5.87. The highest BCUT2D eigenvalue weighted by atomic mass is 16.3. The number of rotatable bonds is 5. The average Bonchev–Trinajstić information content (AvgIpc) is 3.07. The lowest BCUT2D eigenvalue weighted by atomic mass is 10.1. The molecule has 0 aliphatic heterocycles. The number of allylic oxidation sites excluding steroid dienone is 1. The van der Waals surface area contributed by atoms with Crippen molar-refractivity contribution in [1.82, 2.24) is 9.55 Å². The fourth-order valence-corrected chi connectivity index (χ4v) is 2.56. The molecule has 0 aliphatic rings. The Hall–Kier alpha value is -3.34. The number of phenolic OH excluding ortho intramolecular Hbond substituents is 1. The zero-order valence-electron chi connectivity index (χ0n) is 13.0. The molecular weight excluding hydrogens is 302 g/mol. The highest BCUT2D eigenvalue weighted by molar-refractivity contribution is 5.92. The molecule has 0 bridgehead atoms. The molecule has 0 saturated carbocycles. The van der Waals surface area contributed by atoms with Gasteiger partial charge in [-0.1, -0.05) is 6.08 Å². The van der Waals surface area contributed by atoms with Crippen LogP contribution in [-0.4, -0.2) is 20.6 Å². The minimum atomic E-state index is -0.458. The second-order valence-corrected chi connectivity index (χ2v) is 5.37. The maximum atomic E-state index is 11.2. The first kappa shape index (κ1) is 15.6. The second kappa shape index (κ2) is 6.42. The lowest BCUT2D eigenvalue weighted by Crippen LogP contribution is -2.10. The summed E-state index contributed by atoms with van der Waals surface area (Å²) in [6, 6.07) is 12.4. The van der Waals surface area contributed by atoms with E-state index in [0.29, 0.717) is 12.0 Å². The predicted molar refractivity (Wildman–Crippen MR) is 93.1 cm³/mol. The fourth-order valence-electron chi connectivity index (χ4n) is 2.56. The van der Waals surface area contributed by atoms with Crippen molar-refractivity contribution in [2.24, 2.45) is 5.73 Å². The first-order chi connectivity index (χ1) is 11.6. The number of aromatic hydroxyl groups is 1. The highest BCUT2D eigenvalue weighted by Crippen LogP contribution is 2.27. The van der Waals surface area contributed by atoms with E-state index in [2.05, 4.69) is 11.6 Å². The summed E-state index contributed by atoms with van der Waals surface area (Å²) < 4.78 is 1.91. The van der Waals surface area contributed by atoms with Crippen molar-refractivity contribution in [1.29, 1.82) is 0 Å². The number of benzene rings is 2. The first-order valence-corrected chi connectivity index (χ1v) is 7.47. The van der Waals surface area contributed by atoms with Gasteiger partial charge in [0, 0.05) is 29.2 Å². The predicted octanol–water partition coefficient (Wildman–Crippen LogP) is 3.07. The van der Waals surface area contributed by atoms with Gasteiger partial charge in [-0.05, 0) is 54.4 Å². The van der Waals surface area contributed by atoms with Gasteiger partial charge in [0.1, 0.15) is 11.6 Å². The molecule has 0 unspecified atom stereocenters. The second-order valence-electron chi connectivity index (χ2n) is 5.37. The Morgan fingerprint density at radius 2 is 2.00 bits per heavy atom. The van der Waals surface area contributed by atoms with Crippen molar-refractivity contribution in [3.8, 4) is 22.8 Å². The topological polar surface area (TPSA) is 81.1 Å². The fraction of sp³-hybridized carbons (Fsp3) is 0.0526. The molecule has 1 amide bonds. The van der Waals surface area contributed by atoms with Crippen LogP contribution in [0.1, 0.15) is 15.9 Å². The van der Waals surface area contributed by atoms with Gasteiger partial charge in [-0.25, -0.2) is 4.98 Å². The van der Waals surface area contributed by atoms with Gasteiger partial charge in [-0.15, -0.1) is 6.58 Å². The van der Waals surface area contributed by atoms with Gasteiger partial charge in [0.15, 0.2) is 0 Å². The van der Waals surface area contributed by atoms with Crippen molar-refractivity contribution in [2.45, 2.75) is 6.42 Å². The van der Waals surface area contributed by atoms with Crippen LogP contribution >= 0.6 is 0 Å². The highest BCUT2D eigenvalue weighted by Gasteiger charge is 2.10. The van der Waals surface area contributed by atoms with E-state index >= 15 is 0 Å². The Morgan fingerprint density at radius 3 is 2.67 bits per heavy atom. The number of nitrogens with zero attached hydrogens (tertiary/aromatic N) is 2. The molecule has 3 aromatic rings. The lowest BCUT2D eigenvalue weighted by molar-refractivity contribution is 0.100. The molecule has 0 radical (unpaired) electrons. The number of phenols is 1. The Labute approximate surface area is 139 Å². The number of imidazole rings is 1. The van der Waals surface area contributed by atoms with Crippen LogP contribution < -0.4 is 5.73 Å². The molecule has 1 aromatic heterocycles. The van der Waals surface area contributed by atoms with Crippen molar-refractivity contribution in [2.75, 3.05) is 0 Å². The number of carbonyl (C=O) groups excluding carboxylic acids is 1. The van der Waals surface area contributed by atoms with Crippen molar-refractivity contribution in [3.05, 3.63) is 78.6 Å². The van der Waals surface area contributed by atoms with Crippen LogP contribution in [0.5, 0.6) is 5.75 Å². The summed E-state index contributed by atoms with van der Waals surface area (Å²) in [7, 11) is 0. The minimum Gasteiger partial charge on any atom is -0.508 e. The third-order valence-electron chi connectivity index (χ3n) is 3.77. The van der Waals surface area contributed by atoms with E-state index in [1.807, 2.05) is 35.0 Å². The number of hydrogen-bond acceptors (Lipinski definition) is 3. The molecule has 1 heterocycles. The molecule has 5 heteroatoms. The van der Waals surface area contributed by atoms with Gasteiger partial charge in [0.2, 0.25) is 5.91 Å². The van der Waals surface area contributed by atoms with E-state index < -0.39 is 5.91 Å². The van der Waals surface area contributed by atoms with Gasteiger partial charge in [-0.3, -0.25) is 9.36 Å². The SMILES string of the molecule is C=CCc1cc(-c2nccn2-c2ccc(C(N)=O)cc2)ccc1O. The van der Waals surface area contributed by atoms with Crippen LogP contribution in [0.25, 0.3) is 17.1 Å². The Bertz CT molecular complexity index is 895. The van der Waals surface area contributed by atoms with E-state index in [1.165, 1.54) is 0 Å². The van der Waals surface area contributed by atoms with Crippen LogP contribution in [0.3, 0.4) is 0 Å². The maximum Gasteiger partial charge on any atom is 0.248 e. The number of primary amides is 1. The quantitative estimate of drug-likeness (QED) is 0.709. The summed E-state index contributed by atoms with van der Waals surface area (Å²) in [6.45, 7) is 3.71. The molecular formula is C19H17N3O2. The number of nitrogens with two attached hydrogens (primary N) is 1. The maximum absolute atomic E-state index is 11.2. The minimum absolute atomic E-state index is 0.238. The third kappa shape index (κ3) is 2.92. The monoisotopic (exact) mass is 319 g/mol. The van der Waals surface area contributed by atoms with E-state index in [9.17, 15) is 9.90 Å². The zero-order valence-corrected chi connectivity index (χ0v) is 13.0. The van der Waals surface area contributed by atoms with Crippen LogP contribution in [0.2, 0.25) is 0 Å². The van der Waals surface area contributed by atoms with E-state index in [1.54, 1.807) is 30.5 Å². The largest absolute Gasteiger partial charge is 0.508 e. The molecule has 3 rings (SSSR count). The Kier molecular flexibility index (Phi) is 4.16. The number of aromatic nitrogens is 2. The van der Waals surface area contributed by atoms with Gasteiger partial charge >= 0.3 is 0 Å². The summed E-state index contributed by atoms with van der Waals surface area (Å²) in [5.41, 5.74) is 8.27. The summed E-state index contributed by atoms with van der Waals surface area (Å²) in [5.74, 6) is 0.523. The molecule has 24 heavy (non-hydrogen) atoms. The summed E-state index contributed by atoms with van der Waals surface area (Å²) >= 11 is 0. The molecule has 0 saturated heterocycles. The number of carbonyl (C=O) groups is 1. The van der Waals surface area contributed by atoms with Gasteiger partial charge in [0.25, 0.3) is 0 Å². The van der Waals surface area contributed by atoms with Crippen molar-refractivity contribution >= 4 is 5.91 Å². The molecule has 0 aliphatic carbocycles. The van der Waals surface area contributed by atoms with Crippen LogP contribution in [0.4, 0.5) is 0 Å². The van der Waals surface area contributed by atoms with Crippen LogP contribution in [0.15, 0.2) is 67.5 Å². The first-order valence-electron chi connectivity index (χ1n) is 7.47. The Balaban J connectivity index is 2.03. The molecule has 0 fully saturated rings. The molecule has 2 aromatic carbocycles. The van der Waals surface area contributed by atoms with Gasteiger partial charge < -0.3 is 10.8 Å². The molecule has 5 nitrogen and oxygen atoms in total. The number of amides is 1. The molecule has 0 atom stereocenters. The molecule has 0 spiro atoms. The Morgan fingerprint density at radius 1 is 1.25 bits per heavy atom. The van der Waals surface area contributed by atoms with E-state index in [4.69, 9.17) is 5.73 Å². The standard InChI is InChI=1S/C19H17N3O2/c1-2-3-14-12-15(6-9-17(14)23)19-21-10-11-22(19)16-7-4-13(5-8-16)18(20)24/h2,4-12,23H,1,3H2,(H2,20,24).